The van der Waals surface area contributed by atoms with Crippen LogP contribution in [-0.4, -0.2) is 4.98 Å². The molecule has 0 aliphatic rings. The van der Waals surface area contributed by atoms with Gasteiger partial charge in [0.05, 0.1) is 0 Å². The highest BCUT2D eigenvalue weighted by Crippen LogP contribution is 2.20. The molecule has 0 aliphatic carbocycles. The van der Waals surface area contributed by atoms with Crippen LogP contribution in [0.1, 0.15) is 25.1 Å². The molecule has 0 saturated carbocycles. The zero-order valence-corrected chi connectivity index (χ0v) is 7.03. The summed E-state index contributed by atoms with van der Waals surface area (Å²) >= 11 is 0. The lowest BCUT2D eigenvalue weighted by atomic mass is 10.1. The first-order valence-electron chi connectivity index (χ1n) is 3.60. The number of hydrogen-bond acceptors (Lipinski definition) is 0. The van der Waals surface area contributed by atoms with Crippen LogP contribution in [0.2, 0.25) is 0 Å². The topological polar surface area (TPSA) is 15.8 Å². The van der Waals surface area contributed by atoms with E-state index in [1.807, 2.05) is 19.2 Å². The van der Waals surface area contributed by atoms with Gasteiger partial charge in [0, 0.05) is 17.5 Å². The highest BCUT2D eigenvalue weighted by atomic mass is 19.1. The summed E-state index contributed by atoms with van der Waals surface area (Å²) < 4.78 is 12.7. The average Bonchev–Trinajstić information content (AvgIpc) is 2.33. The van der Waals surface area contributed by atoms with Gasteiger partial charge >= 0.3 is 0 Å². The van der Waals surface area contributed by atoms with Gasteiger partial charge < -0.3 is 4.98 Å². The third-order valence-corrected chi connectivity index (χ3v) is 1.87. The molecule has 0 amide bonds. The number of halogens is 1. The summed E-state index contributed by atoms with van der Waals surface area (Å²) in [4.78, 5) is 3.00. The third kappa shape index (κ3) is 1.50. The van der Waals surface area contributed by atoms with Crippen LogP contribution < -0.4 is 0 Å². The Balaban J connectivity index is 3.12. The molecule has 1 rings (SSSR count). The van der Waals surface area contributed by atoms with E-state index < -0.39 is 0 Å². The Morgan fingerprint density at radius 1 is 1.45 bits per heavy atom. The van der Waals surface area contributed by atoms with Gasteiger partial charge in [-0.3, -0.25) is 0 Å². The number of aromatic nitrogens is 1. The monoisotopic (exact) mass is 153 g/mol. The number of H-pyrrole nitrogens is 1. The molecular formula is C9H12FN. The Labute approximate surface area is 65.9 Å². The molecule has 0 aromatic carbocycles. The van der Waals surface area contributed by atoms with E-state index in [0.717, 1.165) is 11.3 Å². The zero-order chi connectivity index (χ0) is 8.43. The van der Waals surface area contributed by atoms with E-state index in [1.165, 1.54) is 6.92 Å². The van der Waals surface area contributed by atoms with E-state index in [1.54, 1.807) is 6.92 Å². The van der Waals surface area contributed by atoms with Crippen LogP contribution in [-0.2, 0) is 0 Å². The molecule has 0 aliphatic heterocycles. The van der Waals surface area contributed by atoms with Crippen LogP contribution in [0.3, 0.4) is 0 Å². The van der Waals surface area contributed by atoms with Crippen LogP contribution in [0, 0.1) is 6.92 Å². The van der Waals surface area contributed by atoms with Crippen molar-refractivity contribution in [3.63, 3.8) is 0 Å². The van der Waals surface area contributed by atoms with Gasteiger partial charge in [-0.1, -0.05) is 0 Å². The largest absolute Gasteiger partial charge is 0.365 e. The maximum absolute atomic E-state index is 12.7. The van der Waals surface area contributed by atoms with Crippen molar-refractivity contribution in [2.24, 2.45) is 0 Å². The molecule has 11 heavy (non-hydrogen) atoms. The molecule has 0 bridgehead atoms. The molecular weight excluding hydrogens is 141 g/mol. The Morgan fingerprint density at radius 2 is 2.09 bits per heavy atom. The number of rotatable bonds is 1. The van der Waals surface area contributed by atoms with Crippen molar-refractivity contribution in [2.45, 2.75) is 20.8 Å². The normalized spacial score (nSPS) is 13.1. The summed E-state index contributed by atoms with van der Waals surface area (Å²) in [6.45, 7) is 5.19. The third-order valence-electron chi connectivity index (χ3n) is 1.87. The van der Waals surface area contributed by atoms with E-state index in [9.17, 15) is 4.39 Å². The Kier molecular flexibility index (Phi) is 2.13. The first kappa shape index (κ1) is 8.05. The highest BCUT2D eigenvalue weighted by molar-refractivity contribution is 5.66. The van der Waals surface area contributed by atoms with Crippen molar-refractivity contribution < 1.29 is 4.39 Å². The van der Waals surface area contributed by atoms with Gasteiger partial charge in [-0.15, -0.1) is 0 Å². The molecule has 2 heteroatoms. The molecule has 0 spiro atoms. The van der Waals surface area contributed by atoms with E-state index in [-0.39, 0.29) is 5.83 Å². The number of allylic oxidation sites excluding steroid dienone is 2. The lowest BCUT2D eigenvalue weighted by Gasteiger charge is -1.99. The maximum atomic E-state index is 12.7. The highest BCUT2D eigenvalue weighted by Gasteiger charge is 2.03. The van der Waals surface area contributed by atoms with E-state index in [4.69, 9.17) is 0 Å². The van der Waals surface area contributed by atoms with Gasteiger partial charge in [0.1, 0.15) is 5.83 Å². The fourth-order valence-electron chi connectivity index (χ4n) is 1.04. The van der Waals surface area contributed by atoms with Crippen molar-refractivity contribution in [3.05, 3.63) is 29.3 Å². The maximum Gasteiger partial charge on any atom is 0.100 e. The van der Waals surface area contributed by atoms with Gasteiger partial charge in [0.15, 0.2) is 0 Å². The molecule has 0 atom stereocenters. The number of hydrogen-bond donors (Lipinski definition) is 1. The summed E-state index contributed by atoms with van der Waals surface area (Å²) in [6, 6.07) is 1.88. The predicted octanol–water partition coefficient (Wildman–Crippen LogP) is 3.04. The quantitative estimate of drug-likeness (QED) is 0.638. The van der Waals surface area contributed by atoms with Gasteiger partial charge in [-0.25, -0.2) is 4.39 Å². The Bertz CT molecular complexity index is 280. The van der Waals surface area contributed by atoms with Crippen LogP contribution >= 0.6 is 0 Å². The van der Waals surface area contributed by atoms with Crippen molar-refractivity contribution >= 4 is 5.57 Å². The molecule has 0 unspecified atom stereocenters. The van der Waals surface area contributed by atoms with Gasteiger partial charge in [-0.2, -0.15) is 0 Å². The van der Waals surface area contributed by atoms with Crippen molar-refractivity contribution in [1.29, 1.82) is 0 Å². The first-order chi connectivity index (χ1) is 5.13. The van der Waals surface area contributed by atoms with Gasteiger partial charge in [0.25, 0.3) is 0 Å². The summed E-state index contributed by atoms with van der Waals surface area (Å²) in [6.07, 6.45) is 1.82. The van der Waals surface area contributed by atoms with Gasteiger partial charge in [0.2, 0.25) is 0 Å². The number of aryl methyl sites for hydroxylation is 1. The van der Waals surface area contributed by atoms with Crippen molar-refractivity contribution in [3.8, 4) is 0 Å². The minimum atomic E-state index is -0.118. The Morgan fingerprint density at radius 3 is 2.45 bits per heavy atom. The van der Waals surface area contributed by atoms with Crippen molar-refractivity contribution in [1.82, 2.24) is 4.98 Å². The summed E-state index contributed by atoms with van der Waals surface area (Å²) in [5.41, 5.74) is 2.69. The lowest BCUT2D eigenvalue weighted by Crippen LogP contribution is -1.81. The first-order valence-corrected chi connectivity index (χ1v) is 3.60. The standard InChI is InChI=1S/C9H12FN/c1-6(7(2)10)9-4-5-11-8(9)3/h4-5,11H,1-3H3/b7-6+. The molecule has 0 saturated heterocycles. The second kappa shape index (κ2) is 2.91. The smallest absolute Gasteiger partial charge is 0.100 e. The van der Waals surface area contributed by atoms with Crippen molar-refractivity contribution in [2.75, 3.05) is 0 Å². The molecule has 60 valence electrons. The number of aromatic amines is 1. The lowest BCUT2D eigenvalue weighted by molar-refractivity contribution is 0.643. The number of nitrogens with one attached hydrogen (secondary N) is 1. The van der Waals surface area contributed by atoms with Crippen LogP contribution in [0.4, 0.5) is 4.39 Å². The average molecular weight is 153 g/mol. The summed E-state index contributed by atoms with van der Waals surface area (Å²) in [5.74, 6) is -0.118. The molecule has 1 N–H and O–H groups in total. The molecule has 1 aromatic heterocycles. The molecule has 1 nitrogen and oxygen atoms in total. The molecule has 1 heterocycles. The minimum Gasteiger partial charge on any atom is -0.365 e. The molecule has 0 fully saturated rings. The predicted molar refractivity (Wildman–Crippen MR) is 44.9 cm³/mol. The fraction of sp³-hybridized carbons (Fsp3) is 0.333. The SMILES string of the molecule is C/C(F)=C(/C)c1cc[nH]c1C. The molecule has 1 aromatic rings. The van der Waals surface area contributed by atoms with Gasteiger partial charge in [-0.05, 0) is 32.4 Å². The van der Waals surface area contributed by atoms with E-state index in [2.05, 4.69) is 4.98 Å². The van der Waals surface area contributed by atoms with Crippen LogP contribution in [0.25, 0.3) is 5.57 Å². The summed E-state index contributed by atoms with van der Waals surface area (Å²) in [7, 11) is 0. The Hall–Kier alpha value is -1.05. The van der Waals surface area contributed by atoms with E-state index in [0.29, 0.717) is 5.57 Å². The molecule has 0 radical (unpaired) electrons. The zero-order valence-electron chi connectivity index (χ0n) is 7.03. The van der Waals surface area contributed by atoms with Crippen LogP contribution in [0.15, 0.2) is 18.1 Å². The minimum absolute atomic E-state index is 0.118. The van der Waals surface area contributed by atoms with Crippen LogP contribution in [0.5, 0.6) is 0 Å². The second-order valence-corrected chi connectivity index (χ2v) is 2.67. The summed E-state index contributed by atoms with van der Waals surface area (Å²) in [5, 5.41) is 0. The van der Waals surface area contributed by atoms with E-state index >= 15 is 0 Å². The second-order valence-electron chi connectivity index (χ2n) is 2.67. The fourth-order valence-corrected chi connectivity index (χ4v) is 1.04.